The maximum Gasteiger partial charge on any atom is 0.254 e. The average Bonchev–Trinajstić information content (AvgIpc) is 2.70. The van der Waals surface area contributed by atoms with E-state index in [0.29, 0.717) is 29.3 Å². The molecule has 0 spiro atoms. The van der Waals surface area contributed by atoms with E-state index in [1.165, 1.54) is 17.3 Å². The number of aryl methyl sites for hydroxylation is 1. The van der Waals surface area contributed by atoms with Crippen LogP contribution in [0.5, 0.6) is 0 Å². The molecular weight excluding hydrogens is 408 g/mol. The number of likely N-dealkylation sites (tertiary alicyclic amines) is 1. The second-order valence-corrected chi connectivity index (χ2v) is 8.61. The molecule has 1 aromatic heterocycles. The van der Waals surface area contributed by atoms with Crippen LogP contribution in [-0.4, -0.2) is 46.2 Å². The second-order valence-electron chi connectivity index (χ2n) is 7.38. The third-order valence-corrected chi connectivity index (χ3v) is 6.10. The Morgan fingerprint density at radius 2 is 2.00 bits per heavy atom. The number of nitrogens with zero attached hydrogens (tertiary/aromatic N) is 2. The van der Waals surface area contributed by atoms with Gasteiger partial charge < -0.3 is 10.3 Å². The summed E-state index contributed by atoms with van der Waals surface area (Å²) in [6, 6.07) is 8.14. The van der Waals surface area contributed by atoms with Crippen LogP contribution in [0.2, 0.25) is 5.02 Å². The number of hydrogen-bond donors (Lipinski definition) is 2. The summed E-state index contributed by atoms with van der Waals surface area (Å²) in [5.74, 6) is -0.00565. The fraction of sp³-hybridized carbons (Fsp3) is 0.476. The predicted octanol–water partition coefficient (Wildman–Crippen LogP) is 3.17. The van der Waals surface area contributed by atoms with Crippen molar-refractivity contribution < 1.29 is 4.79 Å². The van der Waals surface area contributed by atoms with Gasteiger partial charge in [-0.05, 0) is 50.1 Å². The Hall–Kier alpha value is -1.83. The van der Waals surface area contributed by atoms with E-state index in [2.05, 4.69) is 32.3 Å². The minimum Gasteiger partial charge on any atom is -0.353 e. The molecule has 1 fully saturated rings. The SMILES string of the molecule is CSc1nc(C)c(CCC(=O)NC2CCN(Cc3ccc(Cl)cc3)CC2)c(=O)[nH]1. The number of nitrogens with one attached hydrogen (secondary N) is 2. The standard InChI is InChI=1S/C21H27ClN4O2S/c1-14-18(20(28)25-21(23-14)29-2)7-8-19(27)24-17-9-11-26(12-10-17)13-15-3-5-16(22)6-4-15/h3-6,17H,7-13H2,1-2H3,(H,24,27)(H,23,25,28). The van der Waals surface area contributed by atoms with Gasteiger partial charge in [0.15, 0.2) is 5.16 Å². The van der Waals surface area contributed by atoms with Crippen molar-refractivity contribution >= 4 is 29.3 Å². The quantitative estimate of drug-likeness (QED) is 0.517. The van der Waals surface area contributed by atoms with Crippen LogP contribution in [0.1, 0.15) is 36.1 Å². The van der Waals surface area contributed by atoms with Crippen molar-refractivity contribution in [1.82, 2.24) is 20.2 Å². The van der Waals surface area contributed by atoms with Gasteiger partial charge in [0.2, 0.25) is 5.91 Å². The lowest BCUT2D eigenvalue weighted by atomic mass is 10.0. The Morgan fingerprint density at radius 1 is 1.31 bits per heavy atom. The third-order valence-electron chi connectivity index (χ3n) is 5.27. The van der Waals surface area contributed by atoms with Crippen LogP contribution in [0.4, 0.5) is 0 Å². The summed E-state index contributed by atoms with van der Waals surface area (Å²) >= 11 is 7.34. The van der Waals surface area contributed by atoms with Gasteiger partial charge >= 0.3 is 0 Å². The van der Waals surface area contributed by atoms with Gasteiger partial charge in [0.1, 0.15) is 0 Å². The van der Waals surface area contributed by atoms with Crippen LogP contribution in [0.15, 0.2) is 34.2 Å². The lowest BCUT2D eigenvalue weighted by molar-refractivity contribution is -0.122. The van der Waals surface area contributed by atoms with Crippen molar-refractivity contribution in [2.24, 2.45) is 0 Å². The first-order valence-corrected chi connectivity index (χ1v) is 11.4. The molecule has 0 saturated carbocycles. The maximum atomic E-state index is 12.4. The summed E-state index contributed by atoms with van der Waals surface area (Å²) in [7, 11) is 0. The molecule has 156 valence electrons. The molecule has 3 rings (SSSR count). The van der Waals surface area contributed by atoms with E-state index in [-0.39, 0.29) is 17.5 Å². The van der Waals surface area contributed by atoms with E-state index in [1.54, 1.807) is 0 Å². The molecule has 2 N–H and O–H groups in total. The van der Waals surface area contributed by atoms with Crippen molar-refractivity contribution in [2.75, 3.05) is 19.3 Å². The topological polar surface area (TPSA) is 78.1 Å². The summed E-state index contributed by atoms with van der Waals surface area (Å²) in [5, 5.41) is 4.48. The minimum atomic E-state index is -0.148. The zero-order valence-electron chi connectivity index (χ0n) is 16.8. The number of carbonyl (C=O) groups is 1. The third kappa shape index (κ3) is 6.32. The highest BCUT2D eigenvalue weighted by Gasteiger charge is 2.21. The second kappa shape index (κ2) is 10.3. The number of piperidine rings is 1. The van der Waals surface area contributed by atoms with Crippen molar-refractivity contribution in [2.45, 2.75) is 50.4 Å². The molecule has 6 nitrogen and oxygen atoms in total. The number of hydrogen-bond acceptors (Lipinski definition) is 5. The van der Waals surface area contributed by atoms with E-state index in [1.807, 2.05) is 25.3 Å². The number of carbonyl (C=O) groups excluding carboxylic acids is 1. The molecule has 29 heavy (non-hydrogen) atoms. The van der Waals surface area contributed by atoms with Gasteiger partial charge in [-0.25, -0.2) is 4.98 Å². The highest BCUT2D eigenvalue weighted by atomic mass is 35.5. The fourth-order valence-corrected chi connectivity index (χ4v) is 4.15. The summed E-state index contributed by atoms with van der Waals surface area (Å²) in [6.45, 7) is 4.62. The van der Waals surface area contributed by atoms with Crippen molar-refractivity contribution in [3.8, 4) is 0 Å². The Morgan fingerprint density at radius 3 is 2.62 bits per heavy atom. The molecule has 0 bridgehead atoms. The number of H-pyrrole nitrogens is 1. The van der Waals surface area contributed by atoms with Gasteiger partial charge in [-0.1, -0.05) is 35.5 Å². The Labute approximate surface area is 180 Å². The van der Waals surface area contributed by atoms with E-state index < -0.39 is 0 Å². The van der Waals surface area contributed by atoms with Gasteiger partial charge in [0.25, 0.3) is 5.56 Å². The normalized spacial score (nSPS) is 15.4. The molecule has 0 radical (unpaired) electrons. The summed E-state index contributed by atoms with van der Waals surface area (Å²) in [4.78, 5) is 34.0. The van der Waals surface area contributed by atoms with Crippen molar-refractivity contribution in [1.29, 1.82) is 0 Å². The van der Waals surface area contributed by atoms with Crippen LogP contribution >= 0.6 is 23.4 Å². The molecule has 2 heterocycles. The fourth-order valence-electron chi connectivity index (χ4n) is 3.60. The Balaban J connectivity index is 1.43. The number of benzene rings is 1. The van der Waals surface area contributed by atoms with Gasteiger partial charge in [-0.2, -0.15) is 0 Å². The van der Waals surface area contributed by atoms with Gasteiger partial charge in [-0.15, -0.1) is 0 Å². The summed E-state index contributed by atoms with van der Waals surface area (Å²) < 4.78 is 0. The van der Waals surface area contributed by atoms with Crippen LogP contribution in [0.3, 0.4) is 0 Å². The van der Waals surface area contributed by atoms with Gasteiger partial charge in [0.05, 0.1) is 0 Å². The number of aromatic nitrogens is 2. The Kier molecular flexibility index (Phi) is 7.75. The largest absolute Gasteiger partial charge is 0.353 e. The average molecular weight is 435 g/mol. The molecule has 1 aromatic carbocycles. The first-order chi connectivity index (χ1) is 13.9. The predicted molar refractivity (Wildman–Crippen MR) is 118 cm³/mol. The number of halogens is 1. The van der Waals surface area contributed by atoms with Crippen LogP contribution < -0.4 is 10.9 Å². The lowest BCUT2D eigenvalue weighted by Gasteiger charge is -2.32. The van der Waals surface area contributed by atoms with Gasteiger partial charge in [0, 0.05) is 48.4 Å². The van der Waals surface area contributed by atoms with E-state index in [4.69, 9.17) is 11.6 Å². The zero-order valence-corrected chi connectivity index (χ0v) is 18.4. The molecular formula is C21H27ClN4O2S. The lowest BCUT2D eigenvalue weighted by Crippen LogP contribution is -2.44. The molecule has 1 aliphatic heterocycles. The van der Waals surface area contributed by atoms with Crippen molar-refractivity contribution in [3.05, 3.63) is 56.5 Å². The van der Waals surface area contributed by atoms with Gasteiger partial charge in [-0.3, -0.25) is 14.5 Å². The molecule has 8 heteroatoms. The van der Waals surface area contributed by atoms with E-state index in [0.717, 1.165) is 37.5 Å². The molecule has 1 saturated heterocycles. The first kappa shape index (κ1) is 21.9. The number of aromatic amines is 1. The molecule has 0 aliphatic carbocycles. The Bertz CT molecular complexity index is 893. The van der Waals surface area contributed by atoms with Crippen molar-refractivity contribution in [3.63, 3.8) is 0 Å². The molecule has 2 aromatic rings. The molecule has 0 unspecified atom stereocenters. The van der Waals surface area contributed by atoms with E-state index in [9.17, 15) is 9.59 Å². The molecule has 1 aliphatic rings. The summed E-state index contributed by atoms with van der Waals surface area (Å²) in [5.41, 5.74) is 2.39. The zero-order chi connectivity index (χ0) is 20.8. The molecule has 0 atom stereocenters. The smallest absolute Gasteiger partial charge is 0.254 e. The van der Waals surface area contributed by atoms with Crippen LogP contribution in [0, 0.1) is 6.92 Å². The molecule has 1 amide bonds. The van der Waals surface area contributed by atoms with E-state index >= 15 is 0 Å². The van der Waals surface area contributed by atoms with Crippen LogP contribution in [-0.2, 0) is 17.8 Å². The van der Waals surface area contributed by atoms with Crippen LogP contribution in [0.25, 0.3) is 0 Å². The first-order valence-electron chi connectivity index (χ1n) is 9.84. The highest BCUT2D eigenvalue weighted by molar-refractivity contribution is 7.98. The number of thioether (sulfide) groups is 1. The number of rotatable bonds is 7. The summed E-state index contributed by atoms with van der Waals surface area (Å²) in [6.07, 6.45) is 4.44. The number of amides is 1. The minimum absolute atomic E-state index is 0.00565. The highest BCUT2D eigenvalue weighted by Crippen LogP contribution is 2.16. The monoisotopic (exact) mass is 434 g/mol. The maximum absolute atomic E-state index is 12.4.